The quantitative estimate of drug-likeness (QED) is 0.122. The van der Waals surface area contributed by atoms with E-state index in [1.54, 1.807) is 14.2 Å². The van der Waals surface area contributed by atoms with E-state index in [2.05, 4.69) is 67.5 Å². The summed E-state index contributed by atoms with van der Waals surface area (Å²) in [5.41, 5.74) is 1.94. The SMILES string of the molecule is CCCCC/C=C/B1O[C@@H](C(OC)(c2ccccc2)c2ccccc2)[C@H](C(OC)(c2ccccc2)c2ccccc2)O1. The fourth-order valence-corrected chi connectivity index (χ4v) is 6.33. The summed E-state index contributed by atoms with van der Waals surface area (Å²) in [7, 11) is 2.94. The lowest BCUT2D eigenvalue weighted by molar-refractivity contribution is -0.136. The van der Waals surface area contributed by atoms with E-state index in [1.165, 1.54) is 12.8 Å². The van der Waals surface area contributed by atoms with Gasteiger partial charge < -0.3 is 18.8 Å². The van der Waals surface area contributed by atoms with Crippen molar-refractivity contribution >= 4 is 7.12 Å². The molecule has 0 radical (unpaired) electrons. The molecule has 5 heteroatoms. The Hall–Kier alpha value is -3.48. The Bertz CT molecular complexity index is 1200. The highest BCUT2D eigenvalue weighted by molar-refractivity contribution is 6.51. The van der Waals surface area contributed by atoms with Crippen LogP contribution in [0.25, 0.3) is 0 Å². The van der Waals surface area contributed by atoms with Gasteiger partial charge in [0.05, 0.1) is 0 Å². The fourth-order valence-electron chi connectivity index (χ4n) is 6.33. The highest BCUT2D eigenvalue weighted by Gasteiger charge is 2.61. The van der Waals surface area contributed by atoms with Crippen molar-refractivity contribution in [3.8, 4) is 0 Å². The topological polar surface area (TPSA) is 36.9 Å². The normalized spacial score (nSPS) is 17.6. The summed E-state index contributed by atoms with van der Waals surface area (Å²) < 4.78 is 27.3. The van der Waals surface area contributed by atoms with E-state index in [-0.39, 0.29) is 0 Å². The molecule has 0 spiro atoms. The van der Waals surface area contributed by atoms with Crippen molar-refractivity contribution in [1.29, 1.82) is 0 Å². The molecule has 1 aliphatic rings. The first-order valence-electron chi connectivity index (χ1n) is 15.0. The molecule has 5 rings (SSSR count). The van der Waals surface area contributed by atoms with E-state index >= 15 is 0 Å². The van der Waals surface area contributed by atoms with Crippen LogP contribution in [0.1, 0.15) is 54.9 Å². The van der Waals surface area contributed by atoms with Crippen LogP contribution in [0.4, 0.5) is 0 Å². The Labute approximate surface area is 251 Å². The number of allylic oxidation sites excluding steroid dienone is 1. The Morgan fingerprint density at radius 1 is 0.595 bits per heavy atom. The second kappa shape index (κ2) is 14.1. The maximum absolute atomic E-state index is 6.98. The predicted octanol–water partition coefficient (Wildman–Crippen LogP) is 8.11. The minimum Gasteiger partial charge on any atom is -0.398 e. The first kappa shape index (κ1) is 30.0. The maximum atomic E-state index is 6.98. The van der Waals surface area contributed by atoms with Crippen LogP contribution in [0.2, 0.25) is 0 Å². The molecule has 4 aromatic carbocycles. The standard InChI is InChI=1S/C37H41BO4/c1-4-5-6-7-20-29-38-41-34(36(39-2,30-21-12-8-13-22-30)31-23-14-9-15-24-31)35(42-38)37(40-3,32-25-16-10-17-26-32)33-27-18-11-19-28-33/h8-29,34-35H,4-7H2,1-3H3/b29-20+/t34-,35-/m1/s1. The van der Waals surface area contributed by atoms with Gasteiger partial charge in [0.1, 0.15) is 23.4 Å². The molecule has 1 fully saturated rings. The number of hydrogen-bond donors (Lipinski definition) is 0. The molecule has 4 aromatic rings. The van der Waals surface area contributed by atoms with E-state index in [0.29, 0.717) is 0 Å². The third kappa shape index (κ3) is 5.75. The van der Waals surface area contributed by atoms with Crippen LogP contribution < -0.4 is 0 Å². The Kier molecular flexibility index (Phi) is 10.1. The largest absolute Gasteiger partial charge is 0.486 e. The highest BCUT2D eigenvalue weighted by Crippen LogP contribution is 2.50. The third-order valence-electron chi connectivity index (χ3n) is 8.36. The van der Waals surface area contributed by atoms with Gasteiger partial charge in [0.2, 0.25) is 0 Å². The molecule has 0 unspecified atom stereocenters. The van der Waals surface area contributed by atoms with Gasteiger partial charge in [-0.1, -0.05) is 153 Å². The van der Waals surface area contributed by atoms with Crippen molar-refractivity contribution in [2.75, 3.05) is 14.2 Å². The first-order valence-corrected chi connectivity index (χ1v) is 15.0. The molecule has 0 aliphatic carbocycles. The van der Waals surface area contributed by atoms with Crippen molar-refractivity contribution in [2.24, 2.45) is 0 Å². The average Bonchev–Trinajstić information content (AvgIpc) is 3.49. The van der Waals surface area contributed by atoms with Crippen LogP contribution in [0.5, 0.6) is 0 Å². The number of methoxy groups -OCH3 is 2. The van der Waals surface area contributed by atoms with Crippen molar-refractivity contribution in [3.05, 3.63) is 156 Å². The van der Waals surface area contributed by atoms with Crippen LogP contribution in [0.3, 0.4) is 0 Å². The van der Waals surface area contributed by atoms with Gasteiger partial charge in [-0.25, -0.2) is 0 Å². The van der Waals surface area contributed by atoms with Gasteiger partial charge in [0.15, 0.2) is 0 Å². The van der Waals surface area contributed by atoms with Crippen LogP contribution in [-0.4, -0.2) is 33.5 Å². The molecular formula is C37H41BO4. The molecule has 0 saturated carbocycles. The molecule has 1 saturated heterocycles. The first-order chi connectivity index (χ1) is 20.7. The van der Waals surface area contributed by atoms with E-state index in [1.807, 2.05) is 72.8 Å². The molecule has 0 aromatic heterocycles. The summed E-state index contributed by atoms with van der Waals surface area (Å²) in [6.07, 6.45) is 5.51. The molecule has 0 N–H and O–H groups in total. The molecule has 1 heterocycles. The van der Waals surface area contributed by atoms with Crippen LogP contribution in [0.15, 0.2) is 133 Å². The van der Waals surface area contributed by atoms with E-state index in [4.69, 9.17) is 18.8 Å². The second-order valence-electron chi connectivity index (χ2n) is 10.7. The Morgan fingerprint density at radius 2 is 0.952 bits per heavy atom. The number of hydrogen-bond acceptors (Lipinski definition) is 4. The number of benzene rings is 4. The molecule has 1 aliphatic heterocycles. The summed E-state index contributed by atoms with van der Waals surface area (Å²) in [5.74, 6) is 2.05. The third-order valence-corrected chi connectivity index (χ3v) is 8.36. The van der Waals surface area contributed by atoms with Gasteiger partial charge >= 0.3 is 7.12 Å². The van der Waals surface area contributed by atoms with Gasteiger partial charge in [-0.05, 0) is 35.1 Å². The zero-order valence-electron chi connectivity index (χ0n) is 24.9. The lowest BCUT2D eigenvalue weighted by Crippen LogP contribution is -2.56. The highest BCUT2D eigenvalue weighted by atomic mass is 16.7. The lowest BCUT2D eigenvalue weighted by Gasteiger charge is -2.46. The van der Waals surface area contributed by atoms with Crippen molar-refractivity contribution < 1.29 is 18.8 Å². The molecule has 0 amide bonds. The molecule has 216 valence electrons. The van der Waals surface area contributed by atoms with E-state index < -0.39 is 30.5 Å². The van der Waals surface area contributed by atoms with Crippen molar-refractivity contribution in [2.45, 2.75) is 56.0 Å². The van der Waals surface area contributed by atoms with Gasteiger partial charge in [0, 0.05) is 14.2 Å². The zero-order chi connectivity index (χ0) is 29.3. The van der Waals surface area contributed by atoms with Crippen LogP contribution in [-0.2, 0) is 30.0 Å². The average molecular weight is 561 g/mol. The monoisotopic (exact) mass is 560 g/mol. The van der Waals surface area contributed by atoms with Crippen molar-refractivity contribution in [1.82, 2.24) is 0 Å². The van der Waals surface area contributed by atoms with Gasteiger partial charge in [-0.15, -0.1) is 0 Å². The maximum Gasteiger partial charge on any atom is 0.486 e. The Morgan fingerprint density at radius 3 is 1.26 bits per heavy atom. The number of unbranched alkanes of at least 4 members (excludes halogenated alkanes) is 3. The molecule has 4 nitrogen and oxygen atoms in total. The predicted molar refractivity (Wildman–Crippen MR) is 170 cm³/mol. The summed E-state index contributed by atoms with van der Waals surface area (Å²) in [6, 6.07) is 41.2. The summed E-state index contributed by atoms with van der Waals surface area (Å²) in [5, 5.41) is 0. The van der Waals surface area contributed by atoms with Gasteiger partial charge in [-0.3, -0.25) is 0 Å². The smallest absolute Gasteiger partial charge is 0.398 e. The summed E-state index contributed by atoms with van der Waals surface area (Å²) in [6.45, 7) is 2.22. The molecule has 0 bridgehead atoms. The molecule has 2 atom stereocenters. The minimum absolute atomic E-state index is 0.578. The van der Waals surface area contributed by atoms with Gasteiger partial charge in [-0.2, -0.15) is 0 Å². The van der Waals surface area contributed by atoms with Crippen LogP contribution in [0, 0.1) is 0 Å². The minimum atomic E-state index is -0.995. The molecular weight excluding hydrogens is 519 g/mol. The summed E-state index contributed by atoms with van der Waals surface area (Å²) >= 11 is 0. The second-order valence-corrected chi connectivity index (χ2v) is 10.7. The molecule has 42 heavy (non-hydrogen) atoms. The van der Waals surface area contributed by atoms with Crippen LogP contribution >= 0.6 is 0 Å². The lowest BCUT2D eigenvalue weighted by atomic mass is 9.71. The number of ether oxygens (including phenoxy) is 2. The Balaban J connectivity index is 1.73. The van der Waals surface area contributed by atoms with Gasteiger partial charge in [0.25, 0.3) is 0 Å². The number of rotatable bonds is 13. The van der Waals surface area contributed by atoms with Crippen molar-refractivity contribution in [3.63, 3.8) is 0 Å². The summed E-state index contributed by atoms with van der Waals surface area (Å²) in [4.78, 5) is 0. The zero-order valence-corrected chi connectivity index (χ0v) is 24.9. The van der Waals surface area contributed by atoms with E-state index in [9.17, 15) is 0 Å². The fraction of sp³-hybridized carbons (Fsp3) is 0.297. The van der Waals surface area contributed by atoms with E-state index in [0.717, 1.165) is 35.1 Å².